The third-order valence-corrected chi connectivity index (χ3v) is 0.375. The Hall–Kier alpha value is 1.06. The van der Waals surface area contributed by atoms with Crippen LogP contribution in [-0.4, -0.2) is 50.2 Å². The van der Waals surface area contributed by atoms with E-state index in [0.717, 1.165) is 0 Å². The maximum absolute atomic E-state index is 6.26. The SMILES string of the molecule is O.O.[Cl-].[Cl-].[Cl-].[Co+3].[NH-]CC[NH-].[NH-]CC[NH-].[NH-]CC[NH-]. The Balaban J connectivity index is -0.00000000827. The summed E-state index contributed by atoms with van der Waals surface area (Å²) >= 11 is 0. The summed E-state index contributed by atoms with van der Waals surface area (Å²) in [6.07, 6.45) is 0. The van der Waals surface area contributed by atoms with E-state index in [-0.39, 0.29) is 104 Å². The Bertz CT molecular complexity index is 52.8. The molecule has 0 atom stereocenters. The third-order valence-electron chi connectivity index (χ3n) is 0.375. The van der Waals surface area contributed by atoms with E-state index >= 15 is 0 Å². The van der Waals surface area contributed by atoms with E-state index < -0.39 is 0 Å². The van der Waals surface area contributed by atoms with Crippen molar-refractivity contribution in [2.75, 3.05) is 39.3 Å². The minimum absolute atomic E-state index is 0. The molecule has 0 aliphatic heterocycles. The van der Waals surface area contributed by atoms with E-state index in [1.54, 1.807) is 0 Å². The topological polar surface area (TPSA) is 206 Å². The van der Waals surface area contributed by atoms with Crippen molar-refractivity contribution in [3.63, 3.8) is 0 Å². The first-order valence-corrected chi connectivity index (χ1v) is 3.62. The second-order valence-corrected chi connectivity index (χ2v) is 1.50. The van der Waals surface area contributed by atoms with Crippen LogP contribution in [0.5, 0.6) is 0 Å². The maximum atomic E-state index is 6.26. The van der Waals surface area contributed by atoms with Crippen molar-refractivity contribution in [2.24, 2.45) is 0 Å². The monoisotopic (exact) mass is 374 g/mol. The van der Waals surface area contributed by atoms with Crippen LogP contribution in [0.4, 0.5) is 0 Å². The van der Waals surface area contributed by atoms with Crippen LogP contribution in [0.1, 0.15) is 0 Å². The minimum atomic E-state index is 0. The summed E-state index contributed by atoms with van der Waals surface area (Å²) in [6.45, 7) is 1.42. The summed E-state index contributed by atoms with van der Waals surface area (Å²) in [7, 11) is 0. The number of hydrogen-bond donors (Lipinski definition) is 0. The normalized spacial score (nSPS) is 5.00. The fraction of sp³-hybridized carbons (Fsp3) is 1.00. The van der Waals surface area contributed by atoms with Crippen molar-refractivity contribution in [2.45, 2.75) is 0 Å². The molecule has 0 heterocycles. The average Bonchev–Trinajstić information content (AvgIpc) is 2.18. The van der Waals surface area contributed by atoms with Gasteiger partial charge in [-0.15, -0.1) is 0 Å². The Kier molecular flexibility index (Phi) is 360. The third kappa shape index (κ3) is 267. The van der Waals surface area contributed by atoms with Gasteiger partial charge in [-0.05, 0) is 0 Å². The molecule has 8 nitrogen and oxygen atoms in total. The molecule has 0 bridgehead atoms. The Morgan fingerprint density at radius 3 is 0.444 bits per heavy atom. The van der Waals surface area contributed by atoms with E-state index in [2.05, 4.69) is 0 Å². The van der Waals surface area contributed by atoms with E-state index in [4.69, 9.17) is 34.4 Å². The summed E-state index contributed by atoms with van der Waals surface area (Å²) < 4.78 is 0. The summed E-state index contributed by atoms with van der Waals surface area (Å²) in [4.78, 5) is 0. The molecule has 0 saturated carbocycles. The molecule has 0 amide bonds. The molecule has 0 aromatic rings. The summed E-state index contributed by atoms with van der Waals surface area (Å²) in [5, 5.41) is 0. The zero-order valence-electron chi connectivity index (χ0n) is 9.71. The molecule has 0 rings (SSSR count). The molecular formula is C6H22Cl3CoN6O2-6. The summed E-state index contributed by atoms with van der Waals surface area (Å²) in [5.74, 6) is 0. The fourth-order valence-electron chi connectivity index (χ4n) is 0. The summed E-state index contributed by atoms with van der Waals surface area (Å²) in [6, 6.07) is 0. The van der Waals surface area contributed by atoms with Crippen molar-refractivity contribution in [1.29, 1.82) is 0 Å². The van der Waals surface area contributed by atoms with Crippen molar-refractivity contribution in [1.82, 2.24) is 0 Å². The first-order chi connectivity index (χ1) is 5.74. The molecule has 12 heteroatoms. The standard InChI is InChI=1S/3C2H6N2.3ClH.Co.2H2O/c3*3-1-2-4;;;;;;/h3*3-4H,1-2H2;3*1H;;2*1H2/q3*-2;;;;+3;;/p-3. The van der Waals surface area contributed by atoms with E-state index in [9.17, 15) is 0 Å². The van der Waals surface area contributed by atoms with Crippen molar-refractivity contribution in [3.05, 3.63) is 34.4 Å². The smallest absolute Gasteiger partial charge is 1.00 e. The van der Waals surface area contributed by atoms with Crippen LogP contribution in [0, 0.1) is 0 Å². The Morgan fingerprint density at radius 1 is 0.389 bits per heavy atom. The van der Waals surface area contributed by atoms with Crippen LogP contribution in [0.2, 0.25) is 0 Å². The van der Waals surface area contributed by atoms with Gasteiger partial charge in [-0.25, -0.2) is 0 Å². The van der Waals surface area contributed by atoms with Crippen LogP contribution in [0.25, 0.3) is 34.4 Å². The average molecular weight is 376 g/mol. The quantitative estimate of drug-likeness (QED) is 0.450. The predicted molar refractivity (Wildman–Crippen MR) is 62.4 cm³/mol. The van der Waals surface area contributed by atoms with Gasteiger partial charge in [-0.1, -0.05) is 0 Å². The van der Waals surface area contributed by atoms with Crippen molar-refractivity contribution >= 4 is 0 Å². The van der Waals surface area contributed by atoms with E-state index in [1.807, 2.05) is 0 Å². The van der Waals surface area contributed by atoms with Gasteiger partial charge in [-0.3, -0.25) is 0 Å². The zero-order chi connectivity index (χ0) is 10.2. The van der Waals surface area contributed by atoms with Gasteiger partial charge >= 0.3 is 16.8 Å². The van der Waals surface area contributed by atoms with Crippen LogP contribution in [0.3, 0.4) is 0 Å². The van der Waals surface area contributed by atoms with E-state index in [0.29, 0.717) is 0 Å². The molecule has 0 aromatic carbocycles. The maximum Gasteiger partial charge on any atom is 3.00 e. The predicted octanol–water partition coefficient (Wildman–Crippen LogP) is -7.37. The van der Waals surface area contributed by atoms with Gasteiger partial charge in [0.15, 0.2) is 0 Å². The molecule has 18 heavy (non-hydrogen) atoms. The second kappa shape index (κ2) is 105. The van der Waals surface area contributed by atoms with Crippen molar-refractivity contribution < 1.29 is 65.0 Å². The zero-order valence-corrected chi connectivity index (χ0v) is 13.0. The van der Waals surface area contributed by atoms with Gasteiger partial charge in [-0.2, -0.15) is 39.3 Å². The number of halogens is 3. The first-order valence-electron chi connectivity index (χ1n) is 3.62. The van der Waals surface area contributed by atoms with Crippen molar-refractivity contribution in [3.8, 4) is 0 Å². The number of rotatable bonds is 3. The molecule has 0 aromatic heterocycles. The van der Waals surface area contributed by atoms with Gasteiger partial charge in [0.25, 0.3) is 0 Å². The summed E-state index contributed by atoms with van der Waals surface area (Å²) in [5.41, 5.74) is 37.6. The molecular weight excluding hydrogens is 353 g/mol. The van der Waals surface area contributed by atoms with Gasteiger partial charge < -0.3 is 82.6 Å². The van der Waals surface area contributed by atoms with Crippen LogP contribution in [0.15, 0.2) is 0 Å². The van der Waals surface area contributed by atoms with Gasteiger partial charge in [0.2, 0.25) is 0 Å². The van der Waals surface area contributed by atoms with Gasteiger partial charge in [0.1, 0.15) is 0 Å². The number of hydrogen-bond acceptors (Lipinski definition) is 0. The van der Waals surface area contributed by atoms with E-state index in [1.165, 1.54) is 0 Å². The first kappa shape index (κ1) is 61.4. The molecule has 0 aliphatic carbocycles. The molecule has 0 fully saturated rings. The molecule has 124 valence electrons. The molecule has 0 spiro atoms. The van der Waals surface area contributed by atoms with Crippen LogP contribution in [-0.2, 0) is 16.8 Å². The largest absolute Gasteiger partial charge is 3.00 e. The molecule has 0 saturated heterocycles. The van der Waals surface area contributed by atoms with Crippen LogP contribution >= 0.6 is 0 Å². The van der Waals surface area contributed by atoms with Crippen LogP contribution < -0.4 is 37.2 Å². The second-order valence-electron chi connectivity index (χ2n) is 1.50. The number of nitrogens with one attached hydrogen (secondary N) is 6. The molecule has 0 radical (unpaired) electrons. The molecule has 10 N–H and O–H groups in total. The molecule has 0 aliphatic rings. The van der Waals surface area contributed by atoms with Gasteiger partial charge in [0.05, 0.1) is 0 Å². The minimum Gasteiger partial charge on any atom is -1.00 e. The fourth-order valence-corrected chi connectivity index (χ4v) is 0. The Morgan fingerprint density at radius 2 is 0.444 bits per heavy atom. The Labute approximate surface area is 138 Å². The van der Waals surface area contributed by atoms with Gasteiger partial charge in [0, 0.05) is 0 Å². The molecule has 0 unspecified atom stereocenters.